The van der Waals surface area contributed by atoms with E-state index in [1.807, 2.05) is 31.2 Å². The Morgan fingerprint density at radius 3 is 2.52 bits per heavy atom. The lowest BCUT2D eigenvalue weighted by Gasteiger charge is -2.07. The number of nitrogens with one attached hydrogen (secondary N) is 1. The second-order valence-electron chi connectivity index (χ2n) is 5.12. The number of hydrogen-bond acceptors (Lipinski definition) is 4. The highest BCUT2D eigenvalue weighted by Gasteiger charge is 2.06. The number of thioether (sulfide) groups is 1. The number of benzene rings is 2. The topological polar surface area (TPSA) is 72.2 Å². The van der Waals surface area contributed by atoms with Crippen LogP contribution in [0.3, 0.4) is 0 Å². The zero-order valence-corrected chi connectivity index (χ0v) is 13.6. The molecule has 0 bridgehead atoms. The Labute approximate surface area is 139 Å². The predicted molar refractivity (Wildman–Crippen MR) is 92.3 cm³/mol. The molecule has 6 heteroatoms. The van der Waals surface area contributed by atoms with Crippen LogP contribution in [0.2, 0.25) is 0 Å². The summed E-state index contributed by atoms with van der Waals surface area (Å²) >= 11 is 1.49. The molecular weight excluding hydrogens is 312 g/mol. The lowest BCUT2D eigenvalue weighted by molar-refractivity contribution is -0.384. The third kappa shape index (κ3) is 5.41. The van der Waals surface area contributed by atoms with Crippen LogP contribution in [0.5, 0.6) is 0 Å². The van der Waals surface area contributed by atoms with Gasteiger partial charge in [0, 0.05) is 24.4 Å². The molecule has 0 aliphatic rings. The molecule has 0 heterocycles. The highest BCUT2D eigenvalue weighted by Crippen LogP contribution is 2.16. The Hall–Kier alpha value is -2.34. The van der Waals surface area contributed by atoms with Crippen molar-refractivity contribution < 1.29 is 9.72 Å². The summed E-state index contributed by atoms with van der Waals surface area (Å²) in [6, 6.07) is 14.3. The summed E-state index contributed by atoms with van der Waals surface area (Å²) in [6.45, 7) is 2.55. The molecule has 0 saturated carbocycles. The van der Waals surface area contributed by atoms with E-state index in [-0.39, 0.29) is 11.6 Å². The van der Waals surface area contributed by atoms with Gasteiger partial charge in [-0.1, -0.05) is 36.4 Å². The maximum absolute atomic E-state index is 11.8. The maximum Gasteiger partial charge on any atom is 0.269 e. The normalized spacial score (nSPS) is 10.3. The number of hydrogen-bond donors (Lipinski definition) is 1. The van der Waals surface area contributed by atoms with Crippen molar-refractivity contribution in [1.29, 1.82) is 0 Å². The molecule has 1 amide bonds. The summed E-state index contributed by atoms with van der Waals surface area (Å²) in [5, 5.41) is 13.5. The average molecular weight is 330 g/mol. The molecular formula is C17H18N2O3S. The van der Waals surface area contributed by atoms with Crippen LogP contribution in [-0.2, 0) is 17.1 Å². The van der Waals surface area contributed by atoms with Crippen LogP contribution in [0.15, 0.2) is 48.5 Å². The molecule has 23 heavy (non-hydrogen) atoms. The lowest BCUT2D eigenvalue weighted by atomic mass is 10.1. The van der Waals surface area contributed by atoms with Crippen molar-refractivity contribution in [3.8, 4) is 0 Å². The third-order valence-electron chi connectivity index (χ3n) is 3.39. The number of nitrogens with zero attached hydrogens (tertiary/aromatic N) is 1. The third-order valence-corrected chi connectivity index (χ3v) is 4.39. The van der Waals surface area contributed by atoms with Gasteiger partial charge in [0.15, 0.2) is 0 Å². The molecule has 0 radical (unpaired) electrons. The fourth-order valence-electron chi connectivity index (χ4n) is 2.03. The molecule has 5 nitrogen and oxygen atoms in total. The monoisotopic (exact) mass is 330 g/mol. The van der Waals surface area contributed by atoms with Crippen LogP contribution in [0, 0.1) is 17.0 Å². The molecule has 0 fully saturated rings. The summed E-state index contributed by atoms with van der Waals surface area (Å²) in [7, 11) is 0. The molecule has 2 aromatic rings. The van der Waals surface area contributed by atoms with Gasteiger partial charge in [0.05, 0.1) is 10.7 Å². The minimum atomic E-state index is -0.421. The SMILES string of the molecule is Cc1ccccc1CNC(=O)CSCc1ccc([N+](=O)[O-])cc1. The fraction of sp³-hybridized carbons (Fsp3) is 0.235. The number of carbonyl (C=O) groups excluding carboxylic acids is 1. The van der Waals surface area contributed by atoms with Gasteiger partial charge >= 0.3 is 0 Å². The molecule has 0 aliphatic heterocycles. The van der Waals surface area contributed by atoms with E-state index >= 15 is 0 Å². The van der Waals surface area contributed by atoms with Gasteiger partial charge in [0.1, 0.15) is 0 Å². The van der Waals surface area contributed by atoms with Crippen LogP contribution in [0.4, 0.5) is 5.69 Å². The number of aryl methyl sites for hydroxylation is 1. The van der Waals surface area contributed by atoms with Gasteiger partial charge in [-0.15, -0.1) is 11.8 Å². The molecule has 0 aromatic heterocycles. The van der Waals surface area contributed by atoms with Gasteiger partial charge in [0.2, 0.25) is 5.91 Å². The molecule has 0 saturated heterocycles. The molecule has 2 rings (SSSR count). The Morgan fingerprint density at radius 1 is 1.17 bits per heavy atom. The number of rotatable bonds is 7. The van der Waals surface area contributed by atoms with Crippen molar-refractivity contribution in [2.75, 3.05) is 5.75 Å². The van der Waals surface area contributed by atoms with Crippen LogP contribution < -0.4 is 5.32 Å². The molecule has 0 atom stereocenters. The molecule has 1 N–H and O–H groups in total. The standard InChI is InChI=1S/C17H18N2O3S/c1-13-4-2-3-5-15(13)10-18-17(20)12-23-11-14-6-8-16(9-7-14)19(21)22/h2-9H,10-12H2,1H3,(H,18,20). The van der Waals surface area contributed by atoms with Crippen LogP contribution in [0.25, 0.3) is 0 Å². The molecule has 0 aliphatic carbocycles. The van der Waals surface area contributed by atoms with Crippen LogP contribution in [-0.4, -0.2) is 16.6 Å². The summed E-state index contributed by atoms with van der Waals surface area (Å²) in [5.74, 6) is 0.999. The van der Waals surface area contributed by atoms with Crippen molar-refractivity contribution in [3.63, 3.8) is 0 Å². The van der Waals surface area contributed by atoms with Crippen molar-refractivity contribution >= 4 is 23.4 Å². The predicted octanol–water partition coefficient (Wildman–Crippen LogP) is 3.45. The van der Waals surface area contributed by atoms with E-state index in [2.05, 4.69) is 5.32 Å². The maximum atomic E-state index is 11.8. The highest BCUT2D eigenvalue weighted by molar-refractivity contribution is 7.99. The van der Waals surface area contributed by atoms with Crippen molar-refractivity contribution in [2.45, 2.75) is 19.2 Å². The summed E-state index contributed by atoms with van der Waals surface area (Å²) in [5.41, 5.74) is 3.31. The zero-order valence-electron chi connectivity index (χ0n) is 12.8. The van der Waals surface area contributed by atoms with E-state index < -0.39 is 4.92 Å². The van der Waals surface area contributed by atoms with E-state index in [1.54, 1.807) is 12.1 Å². The van der Waals surface area contributed by atoms with Crippen molar-refractivity contribution in [2.24, 2.45) is 0 Å². The van der Waals surface area contributed by atoms with Crippen molar-refractivity contribution in [1.82, 2.24) is 5.32 Å². The molecule has 0 spiro atoms. The zero-order chi connectivity index (χ0) is 16.7. The second-order valence-corrected chi connectivity index (χ2v) is 6.11. The van der Waals surface area contributed by atoms with Crippen LogP contribution in [0.1, 0.15) is 16.7 Å². The minimum Gasteiger partial charge on any atom is -0.351 e. The number of non-ortho nitro benzene ring substituents is 1. The molecule has 120 valence electrons. The first kappa shape index (κ1) is 17.0. The largest absolute Gasteiger partial charge is 0.351 e. The number of nitro groups is 1. The second kappa shape index (κ2) is 8.33. The Kier molecular flexibility index (Phi) is 6.17. The molecule has 2 aromatic carbocycles. The van der Waals surface area contributed by atoms with Gasteiger partial charge in [-0.2, -0.15) is 0 Å². The average Bonchev–Trinajstić information content (AvgIpc) is 2.54. The number of carbonyl (C=O) groups is 1. The highest BCUT2D eigenvalue weighted by atomic mass is 32.2. The quantitative estimate of drug-likeness (QED) is 0.623. The van der Waals surface area contributed by atoms with E-state index in [0.29, 0.717) is 18.1 Å². The first-order valence-corrected chi connectivity index (χ1v) is 8.34. The van der Waals surface area contributed by atoms with Gasteiger partial charge in [0.25, 0.3) is 5.69 Å². The first-order valence-electron chi connectivity index (χ1n) is 7.18. The van der Waals surface area contributed by atoms with Gasteiger partial charge in [-0.3, -0.25) is 14.9 Å². The summed E-state index contributed by atoms with van der Waals surface area (Å²) < 4.78 is 0. The van der Waals surface area contributed by atoms with E-state index in [1.165, 1.54) is 23.9 Å². The Morgan fingerprint density at radius 2 is 1.87 bits per heavy atom. The number of amides is 1. The van der Waals surface area contributed by atoms with E-state index in [4.69, 9.17) is 0 Å². The lowest BCUT2D eigenvalue weighted by Crippen LogP contribution is -2.24. The van der Waals surface area contributed by atoms with E-state index in [9.17, 15) is 14.9 Å². The summed E-state index contributed by atoms with van der Waals surface area (Å²) in [4.78, 5) is 22.0. The van der Waals surface area contributed by atoms with Gasteiger partial charge in [-0.05, 0) is 23.6 Å². The Balaban J connectivity index is 1.72. The van der Waals surface area contributed by atoms with Gasteiger partial charge < -0.3 is 5.32 Å². The minimum absolute atomic E-state index is 0.0137. The smallest absolute Gasteiger partial charge is 0.269 e. The summed E-state index contributed by atoms with van der Waals surface area (Å²) in [6.07, 6.45) is 0. The fourth-order valence-corrected chi connectivity index (χ4v) is 2.85. The molecule has 0 unspecified atom stereocenters. The van der Waals surface area contributed by atoms with Crippen molar-refractivity contribution in [3.05, 3.63) is 75.3 Å². The van der Waals surface area contributed by atoms with Crippen LogP contribution >= 0.6 is 11.8 Å². The first-order chi connectivity index (χ1) is 11.1. The Bertz CT molecular complexity index is 686. The van der Waals surface area contributed by atoms with E-state index in [0.717, 1.165) is 16.7 Å². The number of nitro benzene ring substituents is 1. The van der Waals surface area contributed by atoms with Gasteiger partial charge in [-0.25, -0.2) is 0 Å².